The second-order valence-electron chi connectivity index (χ2n) is 5.23. The van der Waals surface area contributed by atoms with E-state index < -0.39 is 0 Å². The van der Waals surface area contributed by atoms with Crippen molar-refractivity contribution in [2.45, 2.75) is 39.3 Å². The Labute approximate surface area is 127 Å². The molecule has 0 aliphatic carbocycles. The van der Waals surface area contributed by atoms with E-state index in [4.69, 9.17) is 11.6 Å². The second kappa shape index (κ2) is 6.92. The highest BCUT2D eigenvalue weighted by Crippen LogP contribution is 2.25. The molecule has 0 aromatic heterocycles. The van der Waals surface area contributed by atoms with Gasteiger partial charge in [-0.25, -0.2) is 0 Å². The van der Waals surface area contributed by atoms with Crippen molar-refractivity contribution in [1.82, 2.24) is 5.32 Å². The zero-order valence-corrected chi connectivity index (χ0v) is 13.1. The summed E-state index contributed by atoms with van der Waals surface area (Å²) in [6, 6.07) is 17.3. The third-order valence-electron chi connectivity index (χ3n) is 3.76. The van der Waals surface area contributed by atoms with Gasteiger partial charge in [-0.1, -0.05) is 61.0 Å². The maximum Gasteiger partial charge on any atom is 0.0453 e. The number of hydrogen-bond donors (Lipinski definition) is 1. The smallest absolute Gasteiger partial charge is 0.0453 e. The van der Waals surface area contributed by atoms with Gasteiger partial charge in [0.1, 0.15) is 0 Å². The van der Waals surface area contributed by atoms with Crippen LogP contribution in [0.15, 0.2) is 48.5 Å². The van der Waals surface area contributed by atoms with Crippen LogP contribution in [0.3, 0.4) is 0 Å². The number of halogens is 1. The minimum atomic E-state index is 0.226. The zero-order valence-electron chi connectivity index (χ0n) is 12.4. The molecule has 0 aliphatic rings. The Kier molecular flexibility index (Phi) is 5.22. The first-order chi connectivity index (χ1) is 9.61. The monoisotopic (exact) mass is 287 g/mol. The van der Waals surface area contributed by atoms with Gasteiger partial charge in [0.2, 0.25) is 0 Å². The molecule has 2 aromatic carbocycles. The summed E-state index contributed by atoms with van der Waals surface area (Å²) in [5.74, 6) is 0. The molecule has 2 heteroatoms. The highest BCUT2D eigenvalue weighted by atomic mass is 35.5. The van der Waals surface area contributed by atoms with E-state index in [0.717, 1.165) is 17.0 Å². The first-order valence-corrected chi connectivity index (χ1v) is 7.59. The Morgan fingerprint density at radius 2 is 1.60 bits per heavy atom. The van der Waals surface area contributed by atoms with Crippen molar-refractivity contribution in [3.63, 3.8) is 0 Å². The van der Waals surface area contributed by atoms with E-state index >= 15 is 0 Å². The molecule has 0 radical (unpaired) electrons. The molecule has 0 aliphatic heterocycles. The molecule has 2 aromatic rings. The van der Waals surface area contributed by atoms with Gasteiger partial charge >= 0.3 is 0 Å². The fourth-order valence-electron chi connectivity index (χ4n) is 2.43. The number of hydrogen-bond acceptors (Lipinski definition) is 1. The predicted molar refractivity (Wildman–Crippen MR) is 87.2 cm³/mol. The van der Waals surface area contributed by atoms with Crippen LogP contribution >= 0.6 is 11.6 Å². The van der Waals surface area contributed by atoms with Crippen molar-refractivity contribution in [3.05, 3.63) is 70.2 Å². The van der Waals surface area contributed by atoms with Gasteiger partial charge in [0, 0.05) is 17.1 Å². The molecule has 2 unspecified atom stereocenters. The Bertz CT molecular complexity index is 548. The van der Waals surface area contributed by atoms with Crippen LogP contribution in [0.25, 0.3) is 0 Å². The largest absolute Gasteiger partial charge is 0.304 e. The van der Waals surface area contributed by atoms with Crippen molar-refractivity contribution in [2.75, 3.05) is 0 Å². The SMILES string of the molecule is CCc1ccc(C(C)NC(C)c2ccccc2Cl)cc1. The lowest BCUT2D eigenvalue weighted by Gasteiger charge is -2.21. The van der Waals surface area contributed by atoms with Crippen molar-refractivity contribution in [2.24, 2.45) is 0 Å². The maximum atomic E-state index is 6.25. The van der Waals surface area contributed by atoms with E-state index in [-0.39, 0.29) is 6.04 Å². The Balaban J connectivity index is 2.06. The molecule has 0 spiro atoms. The summed E-state index contributed by atoms with van der Waals surface area (Å²) in [5.41, 5.74) is 3.83. The van der Waals surface area contributed by atoms with E-state index in [1.54, 1.807) is 0 Å². The molecule has 0 saturated carbocycles. The summed E-state index contributed by atoms with van der Waals surface area (Å²) in [4.78, 5) is 0. The fourth-order valence-corrected chi connectivity index (χ4v) is 2.73. The summed E-state index contributed by atoms with van der Waals surface area (Å²) in [6.45, 7) is 6.52. The van der Waals surface area contributed by atoms with Crippen LogP contribution in [0.5, 0.6) is 0 Å². The van der Waals surface area contributed by atoms with Gasteiger partial charge in [-0.2, -0.15) is 0 Å². The highest BCUT2D eigenvalue weighted by Gasteiger charge is 2.13. The van der Waals surface area contributed by atoms with Gasteiger partial charge in [-0.15, -0.1) is 0 Å². The van der Waals surface area contributed by atoms with Crippen LogP contribution in [0, 0.1) is 0 Å². The standard InChI is InChI=1S/C18H22ClN/c1-4-15-9-11-16(12-10-15)13(2)20-14(3)17-7-5-6-8-18(17)19/h5-14,20H,4H2,1-3H3. The van der Waals surface area contributed by atoms with Crippen molar-refractivity contribution < 1.29 is 0 Å². The summed E-state index contributed by atoms with van der Waals surface area (Å²) in [7, 11) is 0. The summed E-state index contributed by atoms with van der Waals surface area (Å²) in [6.07, 6.45) is 1.08. The van der Waals surface area contributed by atoms with Gasteiger partial charge in [-0.05, 0) is 43.0 Å². The quantitative estimate of drug-likeness (QED) is 0.785. The molecule has 106 valence electrons. The molecule has 0 fully saturated rings. The number of nitrogens with one attached hydrogen (secondary N) is 1. The normalized spacial score (nSPS) is 14.0. The number of rotatable bonds is 5. The molecule has 1 N–H and O–H groups in total. The Morgan fingerprint density at radius 1 is 0.950 bits per heavy atom. The Morgan fingerprint density at radius 3 is 2.20 bits per heavy atom. The van der Waals surface area contributed by atoms with Crippen molar-refractivity contribution in [1.29, 1.82) is 0 Å². The van der Waals surface area contributed by atoms with E-state index in [9.17, 15) is 0 Å². The molecule has 0 heterocycles. The molecule has 2 atom stereocenters. The van der Waals surface area contributed by atoms with Gasteiger partial charge in [0.05, 0.1) is 0 Å². The predicted octanol–water partition coefficient (Wildman–Crippen LogP) is 5.31. The van der Waals surface area contributed by atoms with Crippen molar-refractivity contribution in [3.8, 4) is 0 Å². The van der Waals surface area contributed by atoms with Crippen LogP contribution in [0.4, 0.5) is 0 Å². The fraction of sp³-hybridized carbons (Fsp3) is 0.333. The molecule has 0 amide bonds. The minimum Gasteiger partial charge on any atom is -0.304 e. The first kappa shape index (κ1) is 15.1. The topological polar surface area (TPSA) is 12.0 Å². The van der Waals surface area contributed by atoms with Crippen LogP contribution in [0.1, 0.15) is 49.5 Å². The lowest BCUT2D eigenvalue weighted by molar-refractivity contribution is 0.495. The number of benzene rings is 2. The van der Waals surface area contributed by atoms with Crippen LogP contribution in [-0.4, -0.2) is 0 Å². The van der Waals surface area contributed by atoms with Crippen LogP contribution < -0.4 is 5.32 Å². The lowest BCUT2D eigenvalue weighted by atomic mass is 10.0. The molecular formula is C18H22ClN. The summed E-state index contributed by atoms with van der Waals surface area (Å²) < 4.78 is 0. The summed E-state index contributed by atoms with van der Waals surface area (Å²) >= 11 is 6.25. The van der Waals surface area contributed by atoms with Crippen molar-refractivity contribution >= 4 is 11.6 Å². The van der Waals surface area contributed by atoms with Gasteiger partial charge in [0.25, 0.3) is 0 Å². The van der Waals surface area contributed by atoms with Crippen LogP contribution in [0.2, 0.25) is 5.02 Å². The average Bonchev–Trinajstić information content (AvgIpc) is 2.47. The second-order valence-corrected chi connectivity index (χ2v) is 5.63. The van der Waals surface area contributed by atoms with Gasteiger partial charge in [0.15, 0.2) is 0 Å². The highest BCUT2D eigenvalue weighted by molar-refractivity contribution is 6.31. The van der Waals surface area contributed by atoms with E-state index in [2.05, 4.69) is 56.4 Å². The third kappa shape index (κ3) is 3.62. The molecule has 0 saturated heterocycles. The molecule has 0 bridgehead atoms. The Hall–Kier alpha value is -1.31. The van der Waals surface area contributed by atoms with Gasteiger partial charge < -0.3 is 5.32 Å². The number of aryl methyl sites for hydroxylation is 1. The molecular weight excluding hydrogens is 266 g/mol. The summed E-state index contributed by atoms with van der Waals surface area (Å²) in [5, 5.41) is 4.43. The maximum absolute atomic E-state index is 6.25. The zero-order chi connectivity index (χ0) is 14.5. The third-order valence-corrected chi connectivity index (χ3v) is 4.10. The van der Waals surface area contributed by atoms with Crippen LogP contribution in [-0.2, 0) is 6.42 Å². The van der Waals surface area contributed by atoms with E-state index in [0.29, 0.717) is 6.04 Å². The minimum absolute atomic E-state index is 0.226. The molecule has 20 heavy (non-hydrogen) atoms. The average molecular weight is 288 g/mol. The first-order valence-electron chi connectivity index (χ1n) is 7.21. The van der Waals surface area contributed by atoms with E-state index in [1.165, 1.54) is 11.1 Å². The van der Waals surface area contributed by atoms with E-state index in [1.807, 2.05) is 18.2 Å². The molecule has 2 rings (SSSR count). The lowest BCUT2D eigenvalue weighted by Crippen LogP contribution is -2.22. The van der Waals surface area contributed by atoms with Gasteiger partial charge in [-0.3, -0.25) is 0 Å². The molecule has 1 nitrogen and oxygen atoms in total.